The first kappa shape index (κ1) is 26.0. The predicted octanol–water partition coefficient (Wildman–Crippen LogP) is 3.89. The van der Waals surface area contributed by atoms with Gasteiger partial charge in [-0.15, -0.1) is 0 Å². The molecule has 2 rings (SSSR count). The molecule has 0 spiro atoms. The number of carbonyl (C=O) groups excluding carboxylic acids is 3. The van der Waals surface area contributed by atoms with Crippen LogP contribution in [0.3, 0.4) is 0 Å². The molecule has 2 atom stereocenters. The van der Waals surface area contributed by atoms with Crippen molar-refractivity contribution in [2.75, 3.05) is 12.0 Å². The van der Waals surface area contributed by atoms with E-state index in [2.05, 4.69) is 10.6 Å². The molecular formula is C24H37N3O4S. The van der Waals surface area contributed by atoms with Gasteiger partial charge in [0.05, 0.1) is 0 Å². The molecule has 32 heavy (non-hydrogen) atoms. The molecule has 2 N–H and O–H groups in total. The lowest BCUT2D eigenvalue weighted by molar-refractivity contribution is -0.143. The van der Waals surface area contributed by atoms with Crippen LogP contribution in [0.5, 0.6) is 0 Å². The van der Waals surface area contributed by atoms with Crippen LogP contribution in [0, 0.1) is 0 Å². The summed E-state index contributed by atoms with van der Waals surface area (Å²) in [5.74, 6) is 0.228. The van der Waals surface area contributed by atoms with E-state index >= 15 is 0 Å². The van der Waals surface area contributed by atoms with Crippen molar-refractivity contribution in [1.82, 2.24) is 15.5 Å². The van der Waals surface area contributed by atoms with Crippen molar-refractivity contribution in [2.45, 2.75) is 83.6 Å². The van der Waals surface area contributed by atoms with Crippen molar-refractivity contribution < 1.29 is 19.1 Å². The van der Waals surface area contributed by atoms with Gasteiger partial charge in [-0.25, -0.2) is 4.79 Å². The standard InChI is InChI=1S/C24H37N3O4S/c1-16(2)25-21(28)20(17-10-8-7-9-11-17)27(18-12-13-18)22(29)19(14-15-32-6)26-23(30)31-24(3,4)5/h7-11,16,18-20H,12-15H2,1-6H3,(H,25,28)(H,26,30). The molecule has 1 aliphatic carbocycles. The molecule has 0 radical (unpaired) electrons. The van der Waals surface area contributed by atoms with E-state index in [1.165, 1.54) is 0 Å². The number of benzene rings is 1. The topological polar surface area (TPSA) is 87.7 Å². The fourth-order valence-electron chi connectivity index (χ4n) is 3.43. The Morgan fingerprint density at radius 1 is 1.12 bits per heavy atom. The number of carbonyl (C=O) groups is 3. The first-order valence-corrected chi connectivity index (χ1v) is 12.6. The number of hydrogen-bond donors (Lipinski definition) is 2. The van der Waals surface area contributed by atoms with Crippen molar-refractivity contribution in [3.05, 3.63) is 35.9 Å². The lowest BCUT2D eigenvalue weighted by Gasteiger charge is -2.35. The number of rotatable bonds is 10. The Kier molecular flexibility index (Phi) is 9.43. The minimum Gasteiger partial charge on any atom is -0.444 e. The third-order valence-electron chi connectivity index (χ3n) is 4.87. The first-order valence-electron chi connectivity index (χ1n) is 11.2. The molecule has 0 aliphatic heterocycles. The van der Waals surface area contributed by atoms with Gasteiger partial charge in [-0.2, -0.15) is 11.8 Å². The summed E-state index contributed by atoms with van der Waals surface area (Å²) in [6.07, 6.45) is 3.46. The SMILES string of the molecule is CSCCC(NC(=O)OC(C)(C)C)C(=O)N(C1CC1)C(C(=O)NC(C)C)c1ccccc1. The van der Waals surface area contributed by atoms with Gasteiger partial charge in [0.25, 0.3) is 0 Å². The Hall–Kier alpha value is -2.22. The normalized spacial score (nSPS) is 15.6. The van der Waals surface area contributed by atoms with Crippen LogP contribution in [0.1, 0.15) is 65.5 Å². The summed E-state index contributed by atoms with van der Waals surface area (Å²) < 4.78 is 5.39. The molecular weight excluding hydrogens is 426 g/mol. The summed E-state index contributed by atoms with van der Waals surface area (Å²) in [4.78, 5) is 41.2. The zero-order valence-electron chi connectivity index (χ0n) is 20.0. The molecule has 1 saturated carbocycles. The fraction of sp³-hybridized carbons (Fsp3) is 0.625. The highest BCUT2D eigenvalue weighted by Crippen LogP contribution is 2.36. The van der Waals surface area contributed by atoms with E-state index < -0.39 is 23.8 Å². The molecule has 1 aliphatic rings. The summed E-state index contributed by atoms with van der Waals surface area (Å²) in [5.41, 5.74) is 0.0867. The first-order chi connectivity index (χ1) is 15.0. The van der Waals surface area contributed by atoms with Crippen LogP contribution in [0.25, 0.3) is 0 Å². The summed E-state index contributed by atoms with van der Waals surface area (Å²) in [7, 11) is 0. The summed E-state index contributed by atoms with van der Waals surface area (Å²) in [6.45, 7) is 9.14. The van der Waals surface area contributed by atoms with Crippen LogP contribution < -0.4 is 10.6 Å². The number of hydrogen-bond acceptors (Lipinski definition) is 5. The van der Waals surface area contributed by atoms with Gasteiger partial charge >= 0.3 is 6.09 Å². The van der Waals surface area contributed by atoms with E-state index in [4.69, 9.17) is 4.74 Å². The molecule has 178 valence electrons. The highest BCUT2D eigenvalue weighted by molar-refractivity contribution is 7.98. The molecule has 0 heterocycles. The Bertz CT molecular complexity index is 775. The van der Waals surface area contributed by atoms with Crippen LogP contribution in [0.2, 0.25) is 0 Å². The van der Waals surface area contributed by atoms with E-state index in [9.17, 15) is 14.4 Å². The zero-order chi connectivity index (χ0) is 23.9. The number of nitrogens with zero attached hydrogens (tertiary/aromatic N) is 1. The highest BCUT2D eigenvalue weighted by atomic mass is 32.2. The van der Waals surface area contributed by atoms with Gasteiger partial charge in [0.15, 0.2) is 0 Å². The van der Waals surface area contributed by atoms with Crippen LogP contribution >= 0.6 is 11.8 Å². The van der Waals surface area contributed by atoms with Crippen LogP contribution in [-0.2, 0) is 14.3 Å². The number of amides is 3. The minimum atomic E-state index is -0.768. The molecule has 1 aromatic rings. The summed E-state index contributed by atoms with van der Waals surface area (Å²) in [6, 6.07) is 7.74. The quantitative estimate of drug-likeness (QED) is 0.550. The fourth-order valence-corrected chi connectivity index (χ4v) is 3.90. The van der Waals surface area contributed by atoms with Crippen LogP contribution in [0.4, 0.5) is 4.79 Å². The maximum Gasteiger partial charge on any atom is 0.408 e. The molecule has 0 aromatic heterocycles. The van der Waals surface area contributed by atoms with Gasteiger partial charge in [0.1, 0.15) is 17.7 Å². The third-order valence-corrected chi connectivity index (χ3v) is 5.51. The van der Waals surface area contributed by atoms with Gasteiger partial charge < -0.3 is 20.3 Å². The Balaban J connectivity index is 2.36. The van der Waals surface area contributed by atoms with Crippen LogP contribution in [0.15, 0.2) is 30.3 Å². The summed E-state index contributed by atoms with van der Waals surface area (Å²) >= 11 is 1.60. The second-order valence-electron chi connectivity index (χ2n) is 9.43. The molecule has 1 fully saturated rings. The van der Waals surface area contributed by atoms with E-state index in [-0.39, 0.29) is 23.9 Å². The van der Waals surface area contributed by atoms with Gasteiger partial charge in [0, 0.05) is 12.1 Å². The van der Waals surface area contributed by atoms with E-state index in [1.54, 1.807) is 37.4 Å². The zero-order valence-corrected chi connectivity index (χ0v) is 20.8. The molecule has 1 aromatic carbocycles. The average molecular weight is 464 g/mol. The van der Waals surface area contributed by atoms with Gasteiger partial charge in [-0.3, -0.25) is 9.59 Å². The molecule has 0 saturated heterocycles. The van der Waals surface area contributed by atoms with Crippen molar-refractivity contribution in [2.24, 2.45) is 0 Å². The Morgan fingerprint density at radius 2 is 1.75 bits per heavy atom. The highest BCUT2D eigenvalue weighted by Gasteiger charge is 2.44. The van der Waals surface area contributed by atoms with Gasteiger partial charge in [-0.05, 0) is 71.5 Å². The molecule has 8 heteroatoms. The van der Waals surface area contributed by atoms with E-state index in [0.29, 0.717) is 12.2 Å². The van der Waals surface area contributed by atoms with Crippen molar-refractivity contribution in [1.29, 1.82) is 0 Å². The third kappa shape index (κ3) is 8.04. The monoisotopic (exact) mass is 463 g/mol. The number of alkyl carbamates (subject to hydrolysis) is 1. The van der Waals surface area contributed by atoms with Crippen molar-refractivity contribution >= 4 is 29.7 Å². The maximum absolute atomic E-state index is 13.8. The smallest absolute Gasteiger partial charge is 0.408 e. The lowest BCUT2D eigenvalue weighted by Crippen LogP contribution is -2.54. The van der Waals surface area contributed by atoms with Gasteiger partial charge in [0.2, 0.25) is 11.8 Å². The minimum absolute atomic E-state index is 0.0252. The molecule has 7 nitrogen and oxygen atoms in total. The second-order valence-corrected chi connectivity index (χ2v) is 10.4. The van der Waals surface area contributed by atoms with Crippen molar-refractivity contribution in [3.63, 3.8) is 0 Å². The molecule has 3 amide bonds. The summed E-state index contributed by atoms with van der Waals surface area (Å²) in [5, 5.41) is 5.72. The maximum atomic E-state index is 13.8. The van der Waals surface area contributed by atoms with E-state index in [1.807, 2.05) is 50.4 Å². The molecule has 2 unspecified atom stereocenters. The largest absolute Gasteiger partial charge is 0.444 e. The Labute approximate surface area is 196 Å². The van der Waals surface area contributed by atoms with E-state index in [0.717, 1.165) is 18.4 Å². The average Bonchev–Trinajstić information content (AvgIpc) is 3.52. The number of ether oxygens (including phenoxy) is 1. The molecule has 0 bridgehead atoms. The second kappa shape index (κ2) is 11.6. The van der Waals surface area contributed by atoms with Crippen LogP contribution in [-0.4, -0.2) is 58.5 Å². The number of thioether (sulfide) groups is 1. The van der Waals surface area contributed by atoms with Gasteiger partial charge in [-0.1, -0.05) is 30.3 Å². The predicted molar refractivity (Wildman–Crippen MR) is 128 cm³/mol. The lowest BCUT2D eigenvalue weighted by atomic mass is 10.0. The Morgan fingerprint density at radius 3 is 2.25 bits per heavy atom. The van der Waals surface area contributed by atoms with Crippen molar-refractivity contribution in [3.8, 4) is 0 Å². The number of nitrogens with one attached hydrogen (secondary N) is 2.